The van der Waals surface area contributed by atoms with Crippen molar-refractivity contribution < 1.29 is 37.7 Å². The van der Waals surface area contributed by atoms with Crippen LogP contribution in [0.5, 0.6) is 17.2 Å². The molecule has 2 aromatic carbocycles. The molecule has 5 N–H and O–H groups in total. The zero-order chi connectivity index (χ0) is 25.6. The topological polar surface area (TPSA) is 132 Å². The van der Waals surface area contributed by atoms with Gasteiger partial charge in [-0.3, -0.25) is 4.79 Å². The van der Waals surface area contributed by atoms with Gasteiger partial charge in [0.2, 0.25) is 0 Å². The third kappa shape index (κ3) is 9.01. The van der Waals surface area contributed by atoms with E-state index in [2.05, 4.69) is 10.3 Å². The Labute approximate surface area is 223 Å². The summed E-state index contributed by atoms with van der Waals surface area (Å²) >= 11 is 0. The average Bonchev–Trinajstić information content (AvgIpc) is 3.21. The number of primary amides is 1. The van der Waals surface area contributed by atoms with Crippen molar-refractivity contribution in [2.45, 2.75) is 12.3 Å². The van der Waals surface area contributed by atoms with Gasteiger partial charge in [0.05, 0.1) is 5.56 Å². The average molecular weight is 567 g/mol. The minimum absolute atomic E-state index is 0. The number of rotatable bonds is 11. The van der Waals surface area contributed by atoms with Gasteiger partial charge < -0.3 is 35.3 Å². The molecular weight excluding hydrogens is 540 g/mol. The molecule has 0 fully saturated rings. The highest BCUT2D eigenvalue weighted by Crippen LogP contribution is 2.31. The first-order chi connectivity index (χ1) is 16.5. The summed E-state index contributed by atoms with van der Waals surface area (Å²) in [5.74, 6) is -0.0117. The van der Waals surface area contributed by atoms with E-state index in [1.165, 1.54) is 29.8 Å². The van der Waals surface area contributed by atoms with Crippen LogP contribution < -0.4 is 20.5 Å². The number of hydrogen-bond donors (Lipinski definition) is 4. The maximum atomic E-state index is 12.8. The van der Waals surface area contributed by atoms with Gasteiger partial charge in [-0.2, -0.15) is 13.2 Å². The van der Waals surface area contributed by atoms with Crippen molar-refractivity contribution in [2.75, 3.05) is 26.3 Å². The number of imidazole rings is 1. The van der Waals surface area contributed by atoms with E-state index in [1.807, 2.05) is 0 Å². The number of aryl methyl sites for hydroxylation is 1. The van der Waals surface area contributed by atoms with E-state index in [-0.39, 0.29) is 61.7 Å². The van der Waals surface area contributed by atoms with E-state index in [9.17, 15) is 28.2 Å². The molecule has 0 saturated heterocycles. The lowest BCUT2D eigenvalue weighted by molar-refractivity contribution is -0.140. The first-order valence-electron chi connectivity index (χ1n) is 10.5. The van der Waals surface area contributed by atoms with Gasteiger partial charge in [-0.05, 0) is 42.5 Å². The number of aliphatic hydroxyl groups is 1. The molecule has 1 atom stereocenters. The van der Waals surface area contributed by atoms with Gasteiger partial charge in [-0.25, -0.2) is 4.98 Å². The number of aromatic hydroxyl groups is 1. The molecule has 37 heavy (non-hydrogen) atoms. The third-order valence-corrected chi connectivity index (χ3v) is 4.88. The molecule has 0 aliphatic heterocycles. The SMILES string of the molecule is Cl.Cl.Cn1cc(C(F)(F)F)nc1-c1ccc(OCC(O)CNCCOc2ccc(O)c(C(N)=O)c2)cc1. The molecule has 1 unspecified atom stereocenters. The molecule has 1 heterocycles. The number of amides is 1. The van der Waals surface area contributed by atoms with Crippen LogP contribution in [0.4, 0.5) is 13.2 Å². The second kappa shape index (κ2) is 13.9. The number of carbonyl (C=O) groups is 1. The number of phenols is 1. The molecule has 14 heteroatoms. The summed E-state index contributed by atoms with van der Waals surface area (Å²) in [7, 11) is 1.49. The number of halogens is 5. The van der Waals surface area contributed by atoms with Gasteiger partial charge in [-0.1, -0.05) is 0 Å². The highest BCUT2D eigenvalue weighted by molar-refractivity contribution is 5.95. The summed E-state index contributed by atoms with van der Waals surface area (Å²) in [6.45, 7) is 0.841. The van der Waals surface area contributed by atoms with Crippen molar-refractivity contribution in [3.05, 3.63) is 59.9 Å². The van der Waals surface area contributed by atoms with Gasteiger partial charge in [0.1, 0.15) is 42.4 Å². The van der Waals surface area contributed by atoms with E-state index in [0.29, 0.717) is 23.6 Å². The highest BCUT2D eigenvalue weighted by Gasteiger charge is 2.34. The Morgan fingerprint density at radius 3 is 2.38 bits per heavy atom. The fourth-order valence-electron chi connectivity index (χ4n) is 3.13. The summed E-state index contributed by atoms with van der Waals surface area (Å²) in [6.07, 6.45) is -4.42. The Bertz CT molecular complexity index is 1160. The Morgan fingerprint density at radius 1 is 1.14 bits per heavy atom. The second-order valence-electron chi connectivity index (χ2n) is 7.64. The molecule has 1 aromatic heterocycles. The van der Waals surface area contributed by atoms with Crippen molar-refractivity contribution in [1.82, 2.24) is 14.9 Å². The van der Waals surface area contributed by atoms with Crippen LogP contribution in [0.2, 0.25) is 0 Å². The van der Waals surface area contributed by atoms with Crippen molar-refractivity contribution in [3.63, 3.8) is 0 Å². The lowest BCUT2D eigenvalue weighted by Gasteiger charge is -2.14. The van der Waals surface area contributed by atoms with Crippen LogP contribution in [0.15, 0.2) is 48.7 Å². The molecule has 3 aromatic rings. The number of nitrogens with zero attached hydrogens (tertiary/aromatic N) is 2. The number of hydrogen-bond acceptors (Lipinski definition) is 7. The molecule has 0 aliphatic rings. The van der Waals surface area contributed by atoms with Gasteiger partial charge >= 0.3 is 6.18 Å². The molecule has 0 radical (unpaired) electrons. The fraction of sp³-hybridized carbons (Fsp3) is 0.304. The maximum Gasteiger partial charge on any atom is 0.434 e. The van der Waals surface area contributed by atoms with Crippen LogP contribution in [-0.4, -0.2) is 58.1 Å². The number of nitrogens with one attached hydrogen (secondary N) is 1. The molecule has 204 valence electrons. The quantitative estimate of drug-likeness (QED) is 0.262. The van der Waals surface area contributed by atoms with E-state index in [4.69, 9.17) is 15.2 Å². The molecule has 0 spiro atoms. The van der Waals surface area contributed by atoms with E-state index >= 15 is 0 Å². The smallest absolute Gasteiger partial charge is 0.434 e. The Hall–Kier alpha value is -3.19. The minimum atomic E-state index is -4.52. The summed E-state index contributed by atoms with van der Waals surface area (Å²) < 4.78 is 50.8. The Morgan fingerprint density at radius 2 is 1.78 bits per heavy atom. The van der Waals surface area contributed by atoms with Crippen LogP contribution in [0.25, 0.3) is 11.4 Å². The van der Waals surface area contributed by atoms with Gasteiger partial charge in [0.25, 0.3) is 5.91 Å². The monoisotopic (exact) mass is 566 g/mol. The number of benzene rings is 2. The van der Waals surface area contributed by atoms with Gasteiger partial charge in [0, 0.05) is 31.9 Å². The number of carbonyl (C=O) groups excluding carboxylic acids is 1. The molecule has 1 amide bonds. The fourth-order valence-corrected chi connectivity index (χ4v) is 3.13. The summed E-state index contributed by atoms with van der Waals surface area (Å²) in [5, 5.41) is 22.6. The third-order valence-electron chi connectivity index (χ3n) is 4.88. The van der Waals surface area contributed by atoms with Gasteiger partial charge in [0.15, 0.2) is 5.69 Å². The largest absolute Gasteiger partial charge is 0.507 e. The summed E-state index contributed by atoms with van der Waals surface area (Å²) in [5.41, 5.74) is 4.66. The number of ether oxygens (including phenoxy) is 2. The minimum Gasteiger partial charge on any atom is -0.507 e. The first-order valence-corrected chi connectivity index (χ1v) is 10.5. The van der Waals surface area contributed by atoms with Crippen molar-refractivity contribution >= 4 is 30.7 Å². The van der Waals surface area contributed by atoms with Crippen molar-refractivity contribution in [3.8, 4) is 28.6 Å². The molecular formula is C23H27Cl2F3N4O5. The Balaban J connectivity index is 0.00000342. The lowest BCUT2D eigenvalue weighted by Crippen LogP contribution is -2.33. The summed E-state index contributed by atoms with van der Waals surface area (Å²) in [6, 6.07) is 10.5. The van der Waals surface area contributed by atoms with Gasteiger partial charge in [-0.15, -0.1) is 24.8 Å². The normalized spacial score (nSPS) is 11.7. The van der Waals surface area contributed by atoms with Crippen LogP contribution in [0.1, 0.15) is 16.1 Å². The number of nitrogens with two attached hydrogens (primary N) is 1. The van der Waals surface area contributed by atoms with Crippen LogP contribution >= 0.6 is 24.8 Å². The Kier molecular flexibility index (Phi) is 12.0. The number of aliphatic hydroxyl groups excluding tert-OH is 1. The van der Waals surface area contributed by atoms with Crippen molar-refractivity contribution in [2.24, 2.45) is 12.8 Å². The van der Waals surface area contributed by atoms with Crippen molar-refractivity contribution in [1.29, 1.82) is 0 Å². The second-order valence-corrected chi connectivity index (χ2v) is 7.64. The number of aromatic nitrogens is 2. The molecule has 0 aliphatic carbocycles. The maximum absolute atomic E-state index is 12.8. The molecule has 0 bridgehead atoms. The molecule has 9 nitrogen and oxygen atoms in total. The van der Waals surface area contributed by atoms with Crippen LogP contribution in [-0.2, 0) is 13.2 Å². The number of alkyl halides is 3. The highest BCUT2D eigenvalue weighted by atomic mass is 35.5. The van der Waals surface area contributed by atoms with E-state index in [1.54, 1.807) is 24.3 Å². The van der Waals surface area contributed by atoms with Crippen LogP contribution in [0, 0.1) is 0 Å². The summed E-state index contributed by atoms with van der Waals surface area (Å²) in [4.78, 5) is 14.9. The first kappa shape index (κ1) is 31.8. The predicted octanol–water partition coefficient (Wildman–Crippen LogP) is 3.16. The molecule has 3 rings (SSSR count). The van der Waals surface area contributed by atoms with E-state index < -0.39 is 23.9 Å². The van der Waals surface area contributed by atoms with Crippen LogP contribution in [0.3, 0.4) is 0 Å². The standard InChI is InChI=1S/C23H25F3N4O5.2ClH/c1-30-12-20(23(24,25)26)29-22(30)14-2-4-16(5-3-14)35-13-15(31)11-28-8-9-34-17-6-7-19(32)18(10-17)21(27)33;;/h2-7,10,12,15,28,31-32H,8-9,11,13H2,1H3,(H2,27,33);2*1H. The zero-order valence-electron chi connectivity index (χ0n) is 19.6. The molecule has 0 saturated carbocycles. The zero-order valence-corrected chi connectivity index (χ0v) is 21.2. The lowest BCUT2D eigenvalue weighted by atomic mass is 10.2. The predicted molar refractivity (Wildman–Crippen MR) is 135 cm³/mol. The van der Waals surface area contributed by atoms with E-state index in [0.717, 1.165) is 6.20 Å².